The topological polar surface area (TPSA) is 64.3 Å². The van der Waals surface area contributed by atoms with Gasteiger partial charge in [0, 0.05) is 25.1 Å². The Labute approximate surface area is 120 Å². The standard InChI is InChI=1S/C16H24N2O2/c1-11(15(17)13-6-4-3-5-7-13)16(19)18-10-14-8-9-20-12(14)2/h3-7,11-12,14-15H,8-10,17H2,1-2H3,(H,18,19). The van der Waals surface area contributed by atoms with Crippen LogP contribution in [0.4, 0.5) is 0 Å². The summed E-state index contributed by atoms with van der Waals surface area (Å²) in [6.07, 6.45) is 1.24. The van der Waals surface area contributed by atoms with Crippen molar-refractivity contribution in [3.8, 4) is 0 Å². The van der Waals surface area contributed by atoms with E-state index in [1.165, 1.54) is 0 Å². The highest BCUT2D eigenvalue weighted by Crippen LogP contribution is 2.21. The summed E-state index contributed by atoms with van der Waals surface area (Å²) < 4.78 is 5.50. The summed E-state index contributed by atoms with van der Waals surface area (Å²) in [5.74, 6) is 0.189. The van der Waals surface area contributed by atoms with E-state index in [1.807, 2.05) is 37.3 Å². The van der Waals surface area contributed by atoms with Gasteiger partial charge in [0.2, 0.25) is 5.91 Å². The van der Waals surface area contributed by atoms with Crippen LogP contribution in [0.2, 0.25) is 0 Å². The third-order valence-electron chi connectivity index (χ3n) is 4.21. The predicted octanol–water partition coefficient (Wildman–Crippen LogP) is 1.86. The number of amides is 1. The van der Waals surface area contributed by atoms with Crippen molar-refractivity contribution in [1.29, 1.82) is 0 Å². The van der Waals surface area contributed by atoms with Gasteiger partial charge in [-0.25, -0.2) is 0 Å². The lowest BCUT2D eigenvalue weighted by Crippen LogP contribution is -2.39. The minimum absolute atomic E-state index is 0.0143. The van der Waals surface area contributed by atoms with Crippen LogP contribution in [0, 0.1) is 11.8 Å². The number of rotatable bonds is 5. The molecule has 4 heteroatoms. The Kier molecular flexibility index (Phi) is 5.15. The molecule has 1 aromatic carbocycles. The fourth-order valence-corrected chi connectivity index (χ4v) is 2.56. The molecule has 0 radical (unpaired) electrons. The zero-order valence-corrected chi connectivity index (χ0v) is 12.2. The molecule has 0 aromatic heterocycles. The molecule has 1 saturated heterocycles. The second-order valence-corrected chi connectivity index (χ2v) is 5.59. The van der Waals surface area contributed by atoms with Crippen LogP contribution in [0.25, 0.3) is 0 Å². The second kappa shape index (κ2) is 6.86. The summed E-state index contributed by atoms with van der Waals surface area (Å²) >= 11 is 0. The summed E-state index contributed by atoms with van der Waals surface area (Å²) in [7, 11) is 0. The first-order valence-corrected chi connectivity index (χ1v) is 7.29. The number of ether oxygens (including phenoxy) is 1. The highest BCUT2D eigenvalue weighted by Gasteiger charge is 2.27. The maximum atomic E-state index is 12.2. The zero-order chi connectivity index (χ0) is 14.5. The first-order chi connectivity index (χ1) is 9.59. The number of hydrogen-bond acceptors (Lipinski definition) is 3. The molecule has 1 heterocycles. The number of hydrogen-bond donors (Lipinski definition) is 2. The van der Waals surface area contributed by atoms with Crippen molar-refractivity contribution in [2.45, 2.75) is 32.4 Å². The summed E-state index contributed by atoms with van der Waals surface area (Å²) in [5, 5.41) is 3.01. The van der Waals surface area contributed by atoms with Crippen molar-refractivity contribution < 1.29 is 9.53 Å². The van der Waals surface area contributed by atoms with E-state index in [0.717, 1.165) is 18.6 Å². The molecule has 0 saturated carbocycles. The quantitative estimate of drug-likeness (QED) is 0.863. The first-order valence-electron chi connectivity index (χ1n) is 7.29. The van der Waals surface area contributed by atoms with Gasteiger partial charge < -0.3 is 15.8 Å². The minimum atomic E-state index is -0.270. The van der Waals surface area contributed by atoms with Crippen LogP contribution in [0.5, 0.6) is 0 Å². The van der Waals surface area contributed by atoms with Crippen molar-refractivity contribution in [3.05, 3.63) is 35.9 Å². The van der Waals surface area contributed by atoms with E-state index in [2.05, 4.69) is 12.2 Å². The van der Waals surface area contributed by atoms with E-state index in [0.29, 0.717) is 12.5 Å². The fraction of sp³-hybridized carbons (Fsp3) is 0.562. The maximum absolute atomic E-state index is 12.2. The molecular formula is C16H24N2O2. The van der Waals surface area contributed by atoms with Gasteiger partial charge in [0.25, 0.3) is 0 Å². The van der Waals surface area contributed by atoms with Gasteiger partial charge in [-0.3, -0.25) is 4.79 Å². The zero-order valence-electron chi connectivity index (χ0n) is 12.2. The number of benzene rings is 1. The molecule has 1 aromatic rings. The highest BCUT2D eigenvalue weighted by atomic mass is 16.5. The van der Waals surface area contributed by atoms with E-state index in [-0.39, 0.29) is 24.0 Å². The van der Waals surface area contributed by atoms with Crippen molar-refractivity contribution in [3.63, 3.8) is 0 Å². The molecule has 1 fully saturated rings. The van der Waals surface area contributed by atoms with Crippen LogP contribution in [0.3, 0.4) is 0 Å². The molecule has 4 atom stereocenters. The minimum Gasteiger partial charge on any atom is -0.378 e. The van der Waals surface area contributed by atoms with Crippen LogP contribution in [-0.4, -0.2) is 25.2 Å². The molecule has 0 spiro atoms. The molecule has 1 amide bonds. The van der Waals surface area contributed by atoms with Crippen LogP contribution >= 0.6 is 0 Å². The highest BCUT2D eigenvalue weighted by molar-refractivity contribution is 5.79. The second-order valence-electron chi connectivity index (χ2n) is 5.59. The maximum Gasteiger partial charge on any atom is 0.224 e. The van der Waals surface area contributed by atoms with E-state index >= 15 is 0 Å². The number of nitrogens with one attached hydrogen (secondary N) is 1. The molecule has 0 bridgehead atoms. The lowest BCUT2D eigenvalue weighted by Gasteiger charge is -2.21. The molecule has 3 N–H and O–H groups in total. The van der Waals surface area contributed by atoms with Crippen LogP contribution in [0.1, 0.15) is 31.9 Å². The third kappa shape index (κ3) is 3.58. The van der Waals surface area contributed by atoms with E-state index < -0.39 is 0 Å². The summed E-state index contributed by atoms with van der Waals surface area (Å²) in [6, 6.07) is 9.48. The molecular weight excluding hydrogens is 252 g/mol. The van der Waals surface area contributed by atoms with Crippen LogP contribution in [0.15, 0.2) is 30.3 Å². The summed E-state index contributed by atoms with van der Waals surface area (Å²) in [5.41, 5.74) is 7.16. The predicted molar refractivity (Wildman–Crippen MR) is 79.1 cm³/mol. The van der Waals surface area contributed by atoms with Gasteiger partial charge in [0.15, 0.2) is 0 Å². The summed E-state index contributed by atoms with van der Waals surface area (Å²) in [4.78, 5) is 12.2. The molecule has 4 unspecified atom stereocenters. The Balaban J connectivity index is 1.85. The van der Waals surface area contributed by atoms with E-state index in [1.54, 1.807) is 0 Å². The number of nitrogens with two attached hydrogens (primary N) is 1. The lowest BCUT2D eigenvalue weighted by molar-refractivity contribution is -0.125. The Bertz CT molecular complexity index is 435. The van der Waals surface area contributed by atoms with Crippen molar-refractivity contribution in [2.24, 2.45) is 17.6 Å². The molecule has 1 aliphatic rings. The normalized spacial score (nSPS) is 25.1. The molecule has 20 heavy (non-hydrogen) atoms. The Hall–Kier alpha value is -1.39. The molecule has 4 nitrogen and oxygen atoms in total. The van der Waals surface area contributed by atoms with Gasteiger partial charge in [-0.1, -0.05) is 37.3 Å². The largest absolute Gasteiger partial charge is 0.378 e. The van der Waals surface area contributed by atoms with Gasteiger partial charge >= 0.3 is 0 Å². The fourth-order valence-electron chi connectivity index (χ4n) is 2.56. The molecule has 1 aliphatic heterocycles. The van der Waals surface area contributed by atoms with E-state index in [9.17, 15) is 4.79 Å². The van der Waals surface area contributed by atoms with Crippen LogP contribution in [-0.2, 0) is 9.53 Å². The van der Waals surface area contributed by atoms with Gasteiger partial charge in [0.05, 0.1) is 12.0 Å². The Morgan fingerprint density at radius 3 is 2.75 bits per heavy atom. The average molecular weight is 276 g/mol. The van der Waals surface area contributed by atoms with Gasteiger partial charge in [-0.2, -0.15) is 0 Å². The number of carbonyl (C=O) groups excluding carboxylic acids is 1. The Morgan fingerprint density at radius 2 is 2.15 bits per heavy atom. The third-order valence-corrected chi connectivity index (χ3v) is 4.21. The van der Waals surface area contributed by atoms with Crippen molar-refractivity contribution in [1.82, 2.24) is 5.32 Å². The summed E-state index contributed by atoms with van der Waals surface area (Å²) in [6.45, 7) is 5.40. The lowest BCUT2D eigenvalue weighted by atomic mass is 9.94. The van der Waals surface area contributed by atoms with Crippen molar-refractivity contribution in [2.75, 3.05) is 13.2 Å². The SMILES string of the molecule is CC1OCCC1CNC(=O)C(C)C(N)c1ccccc1. The van der Waals surface area contributed by atoms with Crippen molar-refractivity contribution >= 4 is 5.91 Å². The Morgan fingerprint density at radius 1 is 1.45 bits per heavy atom. The smallest absolute Gasteiger partial charge is 0.224 e. The van der Waals surface area contributed by atoms with Gasteiger partial charge in [0.1, 0.15) is 0 Å². The van der Waals surface area contributed by atoms with Gasteiger partial charge in [-0.15, -0.1) is 0 Å². The van der Waals surface area contributed by atoms with E-state index in [4.69, 9.17) is 10.5 Å². The monoisotopic (exact) mass is 276 g/mol. The first kappa shape index (κ1) is 15.0. The average Bonchev–Trinajstić information content (AvgIpc) is 2.89. The number of carbonyl (C=O) groups is 1. The van der Waals surface area contributed by atoms with Crippen LogP contribution < -0.4 is 11.1 Å². The molecule has 110 valence electrons. The molecule has 0 aliphatic carbocycles. The molecule has 2 rings (SSSR count). The van der Waals surface area contributed by atoms with Gasteiger partial charge in [-0.05, 0) is 18.9 Å².